The average molecular weight is 414 g/mol. The van der Waals surface area contributed by atoms with Gasteiger partial charge < -0.3 is 5.73 Å². The summed E-state index contributed by atoms with van der Waals surface area (Å²) in [5.41, 5.74) is 5.12. The van der Waals surface area contributed by atoms with E-state index in [4.69, 9.17) is 0 Å². The van der Waals surface area contributed by atoms with Crippen LogP contribution in [-0.2, 0) is 24.0 Å². The topological polar surface area (TPSA) is 116 Å². The summed E-state index contributed by atoms with van der Waals surface area (Å²) < 4.78 is 137. The van der Waals surface area contributed by atoms with Crippen molar-refractivity contribution in [2.24, 2.45) is 5.73 Å². The largest absolute Gasteiger partial charge is 0.460 e. The van der Waals surface area contributed by atoms with Gasteiger partial charge in [0.05, 0.1) is 0 Å². The van der Waals surface area contributed by atoms with E-state index in [-0.39, 0.29) is 0 Å². The van der Waals surface area contributed by atoms with Gasteiger partial charge in [0.15, 0.2) is 0 Å². The quantitative estimate of drug-likeness (QED) is 0.455. The number of amides is 2. The van der Waals surface area contributed by atoms with Crippen molar-refractivity contribution < 1.29 is 61.8 Å². The van der Waals surface area contributed by atoms with Crippen LogP contribution in [0.1, 0.15) is 12.8 Å². The van der Waals surface area contributed by atoms with E-state index in [1.165, 1.54) is 0 Å². The van der Waals surface area contributed by atoms with E-state index in [0.717, 1.165) is 0 Å². The van der Waals surface area contributed by atoms with Crippen LogP contribution in [-0.4, -0.2) is 43.5 Å². The van der Waals surface area contributed by atoms with Crippen LogP contribution in [0.5, 0.6) is 0 Å². The Morgan fingerprint density at radius 1 is 0.880 bits per heavy atom. The first-order valence-corrected chi connectivity index (χ1v) is 6.92. The molecule has 25 heavy (non-hydrogen) atoms. The average Bonchev–Trinajstić information content (AvgIpc) is 2.41. The molecule has 0 aliphatic heterocycles. The van der Waals surface area contributed by atoms with Gasteiger partial charge in [0.2, 0.25) is 11.8 Å². The van der Waals surface area contributed by atoms with E-state index in [1.807, 2.05) is 0 Å². The molecule has 0 atom stereocenters. The number of alkyl halides is 9. The Kier molecular flexibility index (Phi) is 6.36. The second-order valence-electron chi connectivity index (χ2n) is 4.19. The Balaban J connectivity index is 5.47. The smallest absolute Gasteiger partial charge is 0.370 e. The first-order valence-electron chi connectivity index (χ1n) is 5.51. The van der Waals surface area contributed by atoms with Crippen molar-refractivity contribution in [3.63, 3.8) is 0 Å². The summed E-state index contributed by atoms with van der Waals surface area (Å²) in [5, 5.41) is -7.10. The lowest BCUT2D eigenvalue weighted by atomic mass is 10.1. The van der Waals surface area contributed by atoms with E-state index in [1.54, 1.807) is 0 Å². The zero-order chi connectivity index (χ0) is 20.5. The minimum atomic E-state index is -7.49. The molecule has 0 aromatic heterocycles. The summed E-state index contributed by atoms with van der Waals surface area (Å²) >= 11 is 0. The van der Waals surface area contributed by atoms with Crippen molar-refractivity contribution in [1.29, 1.82) is 0 Å². The molecule has 0 unspecified atom stereocenters. The third-order valence-corrected chi connectivity index (χ3v) is 3.48. The standard InChI is InChI=1S/C8H7F9N2O5S/c9-5(10,7(13,14)15)6(11,12)8(16,17)25(22,23)24-19-4(21)2-1-3(18)20/h1-2H2,(H2,18,20)(H,19,21). The summed E-state index contributed by atoms with van der Waals surface area (Å²) in [6, 6.07) is 0. The molecule has 0 fully saturated rings. The van der Waals surface area contributed by atoms with Crippen LogP contribution < -0.4 is 11.2 Å². The molecule has 0 bridgehead atoms. The van der Waals surface area contributed by atoms with Gasteiger partial charge in [-0.3, -0.25) is 9.59 Å². The molecule has 0 radical (unpaired) electrons. The second-order valence-corrected chi connectivity index (χ2v) is 5.78. The third-order valence-electron chi connectivity index (χ3n) is 2.29. The molecule has 2 amide bonds. The van der Waals surface area contributed by atoms with Crippen molar-refractivity contribution in [2.45, 2.75) is 36.1 Å². The minimum Gasteiger partial charge on any atom is -0.370 e. The molecule has 3 N–H and O–H groups in total. The molecule has 0 saturated carbocycles. The molecule has 0 aromatic rings. The fraction of sp³-hybridized carbons (Fsp3) is 0.750. The third kappa shape index (κ3) is 4.44. The van der Waals surface area contributed by atoms with Crippen LogP contribution in [0.15, 0.2) is 0 Å². The number of nitrogens with one attached hydrogen (secondary N) is 1. The number of carbonyl (C=O) groups excluding carboxylic acids is 2. The van der Waals surface area contributed by atoms with Crippen molar-refractivity contribution in [2.75, 3.05) is 0 Å². The van der Waals surface area contributed by atoms with Crippen LogP contribution >= 0.6 is 0 Å². The van der Waals surface area contributed by atoms with Gasteiger partial charge in [-0.2, -0.15) is 47.9 Å². The van der Waals surface area contributed by atoms with Gasteiger partial charge in [-0.25, -0.2) is 5.48 Å². The molecule has 0 saturated heterocycles. The van der Waals surface area contributed by atoms with Gasteiger partial charge >= 0.3 is 33.4 Å². The molecule has 7 nitrogen and oxygen atoms in total. The molecular formula is C8H7F9N2O5S. The number of halogens is 9. The van der Waals surface area contributed by atoms with Crippen LogP contribution in [0.2, 0.25) is 0 Å². The number of nitrogens with two attached hydrogens (primary N) is 1. The lowest BCUT2D eigenvalue weighted by Gasteiger charge is -2.32. The van der Waals surface area contributed by atoms with Gasteiger partial charge in [-0.1, -0.05) is 0 Å². The van der Waals surface area contributed by atoms with Crippen molar-refractivity contribution in [3.8, 4) is 0 Å². The first kappa shape index (κ1) is 23.2. The van der Waals surface area contributed by atoms with E-state index in [0.29, 0.717) is 5.48 Å². The summed E-state index contributed by atoms with van der Waals surface area (Å²) in [7, 11) is -7.21. The zero-order valence-corrected chi connectivity index (χ0v) is 12.2. The van der Waals surface area contributed by atoms with E-state index < -0.39 is 58.1 Å². The molecule has 0 heterocycles. The predicted molar refractivity (Wildman–Crippen MR) is 57.5 cm³/mol. The summed E-state index contributed by atoms with van der Waals surface area (Å²) in [4.78, 5) is 21.1. The van der Waals surface area contributed by atoms with Crippen LogP contribution in [0.4, 0.5) is 39.5 Å². The molecule has 0 aliphatic carbocycles. The molecule has 0 rings (SSSR count). The number of rotatable bonds is 8. The number of carbonyl (C=O) groups is 2. The van der Waals surface area contributed by atoms with Crippen molar-refractivity contribution in [1.82, 2.24) is 5.48 Å². The molecule has 0 spiro atoms. The Morgan fingerprint density at radius 2 is 1.32 bits per heavy atom. The maximum Gasteiger partial charge on any atom is 0.460 e. The molecule has 17 heteroatoms. The van der Waals surface area contributed by atoms with Crippen molar-refractivity contribution >= 4 is 21.9 Å². The first-order chi connectivity index (χ1) is 10.8. The van der Waals surface area contributed by atoms with E-state index >= 15 is 0 Å². The van der Waals surface area contributed by atoms with Gasteiger partial charge in [0.25, 0.3) is 0 Å². The monoisotopic (exact) mass is 414 g/mol. The highest BCUT2D eigenvalue weighted by Crippen LogP contribution is 2.54. The van der Waals surface area contributed by atoms with E-state index in [9.17, 15) is 57.5 Å². The number of hydroxylamine groups is 1. The number of hydrogen-bond acceptors (Lipinski definition) is 5. The van der Waals surface area contributed by atoms with Gasteiger partial charge in [0.1, 0.15) is 0 Å². The summed E-state index contributed by atoms with van der Waals surface area (Å²) in [6.45, 7) is 0. The number of primary amides is 1. The fourth-order valence-corrected chi connectivity index (χ4v) is 1.71. The maximum atomic E-state index is 13.1. The molecule has 148 valence electrons. The van der Waals surface area contributed by atoms with Gasteiger partial charge in [0, 0.05) is 12.8 Å². The fourth-order valence-electron chi connectivity index (χ4n) is 0.959. The minimum absolute atomic E-state index is 0.573. The van der Waals surface area contributed by atoms with Crippen LogP contribution in [0.25, 0.3) is 0 Å². The number of hydrogen-bond donors (Lipinski definition) is 2. The molecular weight excluding hydrogens is 407 g/mol. The summed E-state index contributed by atoms with van der Waals surface area (Å²) in [5.74, 6) is -17.8. The predicted octanol–water partition coefficient (Wildman–Crippen LogP) is 1.06. The maximum absolute atomic E-state index is 13.1. The Labute approximate surface area is 132 Å². The highest BCUT2D eigenvalue weighted by molar-refractivity contribution is 7.87. The Hall–Kier alpha value is -1.78. The highest BCUT2D eigenvalue weighted by atomic mass is 32.2. The lowest BCUT2D eigenvalue weighted by Crippen LogP contribution is -2.63. The zero-order valence-electron chi connectivity index (χ0n) is 11.3. The van der Waals surface area contributed by atoms with Crippen LogP contribution in [0.3, 0.4) is 0 Å². The normalized spacial score (nSPS) is 14.3. The highest BCUT2D eigenvalue weighted by Gasteiger charge is 2.86. The van der Waals surface area contributed by atoms with Crippen molar-refractivity contribution in [3.05, 3.63) is 0 Å². The van der Waals surface area contributed by atoms with E-state index in [2.05, 4.69) is 10.0 Å². The molecule has 0 aromatic carbocycles. The van der Waals surface area contributed by atoms with Crippen LogP contribution in [0, 0.1) is 0 Å². The summed E-state index contributed by atoms with van der Waals surface area (Å²) in [6.07, 6.45) is -9.01. The Bertz CT molecular complexity index is 630. The van der Waals surface area contributed by atoms with Gasteiger partial charge in [-0.05, 0) is 0 Å². The van der Waals surface area contributed by atoms with Gasteiger partial charge in [-0.15, -0.1) is 4.28 Å². The SMILES string of the molecule is NC(=O)CCC(=O)NOS(=O)(=O)C(F)(F)C(F)(F)C(F)(F)C(F)(F)F. The molecule has 0 aliphatic rings. The second kappa shape index (κ2) is 6.85. The Morgan fingerprint density at radius 3 is 1.68 bits per heavy atom. The lowest BCUT2D eigenvalue weighted by molar-refractivity contribution is -0.382.